The van der Waals surface area contributed by atoms with Gasteiger partial charge in [-0.25, -0.2) is 4.68 Å². The van der Waals surface area contributed by atoms with Gasteiger partial charge in [0.25, 0.3) is 0 Å². The Hall–Kier alpha value is -2.38. The molecule has 1 atom stereocenters. The zero-order chi connectivity index (χ0) is 20.6. The number of likely N-dealkylation sites (tertiary alicyclic amines) is 1. The van der Waals surface area contributed by atoms with Gasteiger partial charge in [0.05, 0.1) is 24.5 Å². The first kappa shape index (κ1) is 20.9. The molecule has 2 saturated heterocycles. The van der Waals surface area contributed by atoms with E-state index < -0.39 is 0 Å². The van der Waals surface area contributed by atoms with E-state index in [0.717, 1.165) is 57.2 Å². The summed E-state index contributed by atoms with van der Waals surface area (Å²) < 4.78 is 13.8. The first-order chi connectivity index (χ1) is 14.8. The third kappa shape index (κ3) is 5.40. The van der Waals surface area contributed by atoms with Crippen molar-refractivity contribution in [2.75, 3.05) is 33.4 Å². The SMILES string of the molecule is CN=C(NCc1ccccc1-n1cccn1)N1CCC(OCC2CCCCO2)CC1. The van der Waals surface area contributed by atoms with Gasteiger partial charge in [-0.15, -0.1) is 0 Å². The van der Waals surface area contributed by atoms with Crippen LogP contribution in [0.25, 0.3) is 5.69 Å². The maximum absolute atomic E-state index is 6.15. The topological polar surface area (TPSA) is 63.9 Å². The molecule has 7 heteroatoms. The lowest BCUT2D eigenvalue weighted by molar-refractivity contribution is -0.0721. The van der Waals surface area contributed by atoms with Gasteiger partial charge in [-0.2, -0.15) is 5.10 Å². The molecule has 1 aromatic heterocycles. The van der Waals surface area contributed by atoms with Gasteiger partial charge in [0, 0.05) is 45.7 Å². The average molecular weight is 412 g/mol. The summed E-state index contributed by atoms with van der Waals surface area (Å²) >= 11 is 0. The Kier molecular flexibility index (Phi) is 7.37. The number of aliphatic imine (C=N–C) groups is 1. The Morgan fingerprint density at radius 1 is 1.20 bits per heavy atom. The van der Waals surface area contributed by atoms with Crippen LogP contribution in [0.4, 0.5) is 0 Å². The van der Waals surface area contributed by atoms with E-state index in [9.17, 15) is 0 Å². The number of benzene rings is 1. The van der Waals surface area contributed by atoms with E-state index in [1.807, 2.05) is 30.1 Å². The average Bonchev–Trinajstić information content (AvgIpc) is 3.35. The lowest BCUT2D eigenvalue weighted by Gasteiger charge is -2.35. The monoisotopic (exact) mass is 411 g/mol. The minimum Gasteiger partial charge on any atom is -0.376 e. The van der Waals surface area contributed by atoms with E-state index in [0.29, 0.717) is 18.8 Å². The Morgan fingerprint density at radius 3 is 2.80 bits per heavy atom. The van der Waals surface area contributed by atoms with Gasteiger partial charge in [0.2, 0.25) is 0 Å². The summed E-state index contributed by atoms with van der Waals surface area (Å²) in [6, 6.07) is 10.3. The number of aromatic nitrogens is 2. The molecule has 0 aliphatic carbocycles. The number of hydrogen-bond acceptors (Lipinski definition) is 4. The number of rotatable bonds is 6. The summed E-state index contributed by atoms with van der Waals surface area (Å²) in [5, 5.41) is 7.90. The summed E-state index contributed by atoms with van der Waals surface area (Å²) in [5.41, 5.74) is 2.27. The zero-order valence-electron chi connectivity index (χ0n) is 17.9. The molecule has 1 aromatic carbocycles. The highest BCUT2D eigenvalue weighted by Crippen LogP contribution is 2.18. The second kappa shape index (κ2) is 10.6. The quantitative estimate of drug-likeness (QED) is 0.585. The molecule has 2 aliphatic rings. The maximum Gasteiger partial charge on any atom is 0.193 e. The van der Waals surface area contributed by atoms with Crippen LogP contribution in [0, 0.1) is 0 Å². The summed E-state index contributed by atoms with van der Waals surface area (Å²) in [5.74, 6) is 0.944. The number of guanidine groups is 1. The molecule has 30 heavy (non-hydrogen) atoms. The highest BCUT2D eigenvalue weighted by molar-refractivity contribution is 5.80. The van der Waals surface area contributed by atoms with Crippen LogP contribution in [0.5, 0.6) is 0 Å². The van der Waals surface area contributed by atoms with Gasteiger partial charge >= 0.3 is 0 Å². The standard InChI is InChI=1S/C23H33N5O2/c1-24-23(25-17-19-7-2-3-9-22(19)28-13-6-12-26-28)27-14-10-20(11-15-27)30-18-21-8-4-5-16-29-21/h2-3,6-7,9,12-13,20-21H,4-5,8,10-11,14-18H2,1H3,(H,24,25). The number of nitrogens with one attached hydrogen (secondary N) is 1. The van der Waals surface area contributed by atoms with Crippen molar-refractivity contribution < 1.29 is 9.47 Å². The first-order valence-electron chi connectivity index (χ1n) is 11.1. The third-order valence-corrected chi connectivity index (χ3v) is 5.92. The lowest BCUT2D eigenvalue weighted by Crippen LogP contribution is -2.47. The molecule has 2 fully saturated rings. The summed E-state index contributed by atoms with van der Waals surface area (Å²) in [6.07, 6.45) is 10.0. The van der Waals surface area contributed by atoms with Crippen molar-refractivity contribution in [3.05, 3.63) is 48.3 Å². The molecule has 1 N–H and O–H groups in total. The van der Waals surface area contributed by atoms with Crippen molar-refractivity contribution in [3.63, 3.8) is 0 Å². The molecule has 7 nitrogen and oxygen atoms in total. The number of ether oxygens (including phenoxy) is 2. The van der Waals surface area contributed by atoms with Gasteiger partial charge < -0.3 is 19.7 Å². The third-order valence-electron chi connectivity index (χ3n) is 5.92. The van der Waals surface area contributed by atoms with E-state index >= 15 is 0 Å². The fraction of sp³-hybridized carbons (Fsp3) is 0.565. The van der Waals surface area contributed by atoms with Crippen LogP contribution in [0.2, 0.25) is 0 Å². The van der Waals surface area contributed by atoms with Crippen molar-refractivity contribution >= 4 is 5.96 Å². The highest BCUT2D eigenvalue weighted by atomic mass is 16.5. The molecule has 2 aliphatic heterocycles. The predicted molar refractivity (Wildman–Crippen MR) is 118 cm³/mol. The summed E-state index contributed by atoms with van der Waals surface area (Å²) in [4.78, 5) is 6.84. The van der Waals surface area contributed by atoms with Crippen LogP contribution in [0.1, 0.15) is 37.7 Å². The Bertz CT molecular complexity index is 794. The van der Waals surface area contributed by atoms with Crippen LogP contribution in [0.15, 0.2) is 47.7 Å². The zero-order valence-corrected chi connectivity index (χ0v) is 17.9. The van der Waals surface area contributed by atoms with E-state index in [1.54, 1.807) is 6.20 Å². The smallest absolute Gasteiger partial charge is 0.193 e. The molecule has 0 radical (unpaired) electrons. The van der Waals surface area contributed by atoms with Gasteiger partial charge in [-0.1, -0.05) is 18.2 Å². The molecular weight excluding hydrogens is 378 g/mol. The molecule has 0 bridgehead atoms. The van der Waals surface area contributed by atoms with Crippen LogP contribution in [-0.4, -0.2) is 66.2 Å². The Balaban J connectivity index is 1.26. The minimum atomic E-state index is 0.293. The van der Waals surface area contributed by atoms with Crippen LogP contribution >= 0.6 is 0 Å². The normalized spacial score (nSPS) is 21.0. The van der Waals surface area contributed by atoms with Gasteiger partial charge in [-0.3, -0.25) is 4.99 Å². The van der Waals surface area contributed by atoms with Crippen molar-refractivity contribution in [1.29, 1.82) is 0 Å². The van der Waals surface area contributed by atoms with Crippen molar-refractivity contribution in [2.45, 2.75) is 50.9 Å². The summed E-state index contributed by atoms with van der Waals surface area (Å²) in [7, 11) is 1.85. The molecule has 2 aromatic rings. The van der Waals surface area contributed by atoms with Crippen LogP contribution in [-0.2, 0) is 16.0 Å². The van der Waals surface area contributed by atoms with E-state index in [4.69, 9.17) is 9.47 Å². The second-order valence-electron chi connectivity index (χ2n) is 7.99. The highest BCUT2D eigenvalue weighted by Gasteiger charge is 2.23. The lowest BCUT2D eigenvalue weighted by atomic mass is 10.1. The Labute approximate surface area is 179 Å². The molecular formula is C23H33N5O2. The molecule has 1 unspecified atom stereocenters. The van der Waals surface area contributed by atoms with Crippen LogP contribution < -0.4 is 5.32 Å². The van der Waals surface area contributed by atoms with Gasteiger partial charge in [-0.05, 0) is 49.8 Å². The van der Waals surface area contributed by atoms with E-state index in [-0.39, 0.29) is 0 Å². The van der Waals surface area contributed by atoms with Crippen LogP contribution in [0.3, 0.4) is 0 Å². The maximum atomic E-state index is 6.15. The molecule has 3 heterocycles. The number of piperidine rings is 1. The van der Waals surface area contributed by atoms with Gasteiger partial charge in [0.15, 0.2) is 5.96 Å². The van der Waals surface area contributed by atoms with Crippen molar-refractivity contribution in [1.82, 2.24) is 20.0 Å². The Morgan fingerprint density at radius 2 is 2.07 bits per heavy atom. The molecule has 162 valence electrons. The fourth-order valence-corrected chi connectivity index (χ4v) is 4.22. The van der Waals surface area contributed by atoms with Gasteiger partial charge in [0.1, 0.15) is 0 Å². The number of hydrogen-bond donors (Lipinski definition) is 1. The van der Waals surface area contributed by atoms with Crippen molar-refractivity contribution in [3.8, 4) is 5.69 Å². The molecule has 0 saturated carbocycles. The van der Waals surface area contributed by atoms with E-state index in [1.165, 1.54) is 18.4 Å². The van der Waals surface area contributed by atoms with E-state index in [2.05, 4.69) is 38.5 Å². The number of nitrogens with zero attached hydrogens (tertiary/aromatic N) is 4. The first-order valence-corrected chi connectivity index (χ1v) is 11.1. The number of para-hydroxylation sites is 1. The fourth-order valence-electron chi connectivity index (χ4n) is 4.22. The molecule has 0 spiro atoms. The second-order valence-corrected chi connectivity index (χ2v) is 7.99. The predicted octanol–water partition coefficient (Wildman–Crippen LogP) is 3.00. The molecule has 0 amide bonds. The summed E-state index contributed by atoms with van der Waals surface area (Å²) in [6.45, 7) is 4.24. The minimum absolute atomic E-state index is 0.293. The molecule has 4 rings (SSSR count). The van der Waals surface area contributed by atoms with Crippen molar-refractivity contribution in [2.24, 2.45) is 4.99 Å². The largest absolute Gasteiger partial charge is 0.376 e.